The molecule has 3 rings (SSSR count). The predicted molar refractivity (Wildman–Crippen MR) is 61.9 cm³/mol. The van der Waals surface area contributed by atoms with E-state index in [1.807, 2.05) is 25.2 Å². The third-order valence-electron chi connectivity index (χ3n) is 2.74. The lowest BCUT2D eigenvalue weighted by Gasteiger charge is -2.06. The first-order valence-corrected chi connectivity index (χ1v) is 5.52. The predicted octanol–water partition coefficient (Wildman–Crippen LogP) is 2.15. The molecule has 0 spiro atoms. The molecule has 1 unspecified atom stereocenters. The number of nitrogens with zero attached hydrogens (tertiary/aromatic N) is 2. The Bertz CT molecular complexity index is 562. The van der Waals surface area contributed by atoms with Crippen LogP contribution in [0.4, 0.5) is 0 Å². The molecule has 1 N–H and O–H groups in total. The van der Waals surface area contributed by atoms with E-state index < -0.39 is 0 Å². The molecule has 5 heteroatoms. The topological polar surface area (TPSA) is 42.8 Å². The summed E-state index contributed by atoms with van der Waals surface area (Å²) < 4.78 is 8.08. The summed E-state index contributed by atoms with van der Waals surface area (Å²) in [4.78, 5) is 4.27. The van der Waals surface area contributed by atoms with Crippen LogP contribution in [0.5, 0.6) is 5.75 Å². The number of benzene rings is 1. The first-order chi connectivity index (χ1) is 7.74. The van der Waals surface area contributed by atoms with Crippen molar-refractivity contribution < 1.29 is 4.74 Å². The van der Waals surface area contributed by atoms with E-state index in [-0.39, 0.29) is 6.10 Å². The summed E-state index contributed by atoms with van der Waals surface area (Å²) in [5.41, 5.74) is 1.22. The minimum absolute atomic E-state index is 0.0414. The van der Waals surface area contributed by atoms with Crippen LogP contribution in [0.15, 0.2) is 24.3 Å². The van der Waals surface area contributed by atoms with Crippen LogP contribution in [-0.4, -0.2) is 14.8 Å². The van der Waals surface area contributed by atoms with E-state index in [4.69, 9.17) is 17.0 Å². The molecule has 1 atom stereocenters. The Balaban J connectivity index is 1.94. The first kappa shape index (κ1) is 9.59. The van der Waals surface area contributed by atoms with E-state index in [9.17, 15) is 0 Å². The molecule has 1 aliphatic heterocycles. The minimum atomic E-state index is -0.0414. The van der Waals surface area contributed by atoms with Gasteiger partial charge in [-0.2, -0.15) is 0 Å². The Hall–Kier alpha value is -1.62. The number of hydrogen-bond donors (Lipinski definition) is 1. The number of rotatable bonds is 1. The van der Waals surface area contributed by atoms with Crippen LogP contribution < -0.4 is 4.74 Å². The van der Waals surface area contributed by atoms with E-state index in [1.54, 1.807) is 4.68 Å². The summed E-state index contributed by atoms with van der Waals surface area (Å²) in [5, 5.41) is 3.10. The molecule has 0 bridgehead atoms. The summed E-state index contributed by atoms with van der Waals surface area (Å²) in [7, 11) is 1.85. The molecular weight excluding hydrogens is 222 g/mol. The lowest BCUT2D eigenvalue weighted by atomic mass is 10.1. The van der Waals surface area contributed by atoms with Gasteiger partial charge < -0.3 is 4.74 Å². The standard InChI is InChI=1S/C11H11N3OS/c1-14-11(16)12-10(13-14)9-6-7-4-2-3-5-8(7)15-9/h2-5,9H,6H2,1H3,(H,12,13,16). The molecule has 4 nitrogen and oxygen atoms in total. The van der Waals surface area contributed by atoms with Gasteiger partial charge in [-0.3, -0.25) is 9.78 Å². The van der Waals surface area contributed by atoms with Gasteiger partial charge in [-0.15, -0.1) is 0 Å². The summed E-state index contributed by atoms with van der Waals surface area (Å²) >= 11 is 5.06. The van der Waals surface area contributed by atoms with Crippen LogP contribution in [-0.2, 0) is 13.5 Å². The zero-order chi connectivity index (χ0) is 11.1. The molecule has 0 saturated carbocycles. The van der Waals surface area contributed by atoms with Crippen molar-refractivity contribution in [2.45, 2.75) is 12.5 Å². The normalized spacial score (nSPS) is 18.2. The number of hydrogen-bond acceptors (Lipinski definition) is 3. The zero-order valence-electron chi connectivity index (χ0n) is 8.80. The van der Waals surface area contributed by atoms with Crippen molar-refractivity contribution >= 4 is 12.2 Å². The van der Waals surface area contributed by atoms with Crippen molar-refractivity contribution in [3.05, 3.63) is 40.4 Å². The number of para-hydroxylation sites is 1. The van der Waals surface area contributed by atoms with Crippen molar-refractivity contribution in [2.24, 2.45) is 7.05 Å². The van der Waals surface area contributed by atoms with Gasteiger partial charge in [0, 0.05) is 13.5 Å². The molecule has 1 aromatic carbocycles. The summed E-state index contributed by atoms with van der Waals surface area (Å²) in [6, 6.07) is 8.05. The highest BCUT2D eigenvalue weighted by Crippen LogP contribution is 2.34. The Labute approximate surface area is 97.9 Å². The van der Waals surface area contributed by atoms with Gasteiger partial charge in [-0.1, -0.05) is 18.2 Å². The summed E-state index contributed by atoms with van der Waals surface area (Å²) in [5.74, 6) is 1.74. The summed E-state index contributed by atoms with van der Waals surface area (Å²) in [6.45, 7) is 0. The fraction of sp³-hybridized carbons (Fsp3) is 0.273. The van der Waals surface area contributed by atoms with Gasteiger partial charge in [0.15, 0.2) is 11.9 Å². The second-order valence-electron chi connectivity index (χ2n) is 3.87. The monoisotopic (exact) mass is 233 g/mol. The van der Waals surface area contributed by atoms with Crippen molar-refractivity contribution in [3.63, 3.8) is 0 Å². The van der Waals surface area contributed by atoms with Crippen molar-refractivity contribution in [3.8, 4) is 5.75 Å². The fourth-order valence-electron chi connectivity index (χ4n) is 1.90. The number of H-pyrrole nitrogens is 1. The van der Waals surface area contributed by atoms with Crippen LogP contribution in [0.2, 0.25) is 0 Å². The van der Waals surface area contributed by atoms with Gasteiger partial charge in [0.25, 0.3) is 0 Å². The lowest BCUT2D eigenvalue weighted by Crippen LogP contribution is -2.06. The second kappa shape index (κ2) is 3.45. The van der Waals surface area contributed by atoms with Crippen LogP contribution in [0.1, 0.15) is 17.5 Å². The molecule has 0 radical (unpaired) electrons. The van der Waals surface area contributed by atoms with Crippen molar-refractivity contribution in [2.75, 3.05) is 0 Å². The highest BCUT2D eigenvalue weighted by Gasteiger charge is 2.26. The van der Waals surface area contributed by atoms with Gasteiger partial charge >= 0.3 is 0 Å². The fourth-order valence-corrected chi connectivity index (χ4v) is 2.05. The van der Waals surface area contributed by atoms with Gasteiger partial charge in [-0.05, 0) is 23.8 Å². The van der Waals surface area contributed by atoms with Crippen molar-refractivity contribution in [1.29, 1.82) is 0 Å². The van der Waals surface area contributed by atoms with E-state index in [0.717, 1.165) is 18.0 Å². The molecule has 1 aromatic heterocycles. The molecule has 16 heavy (non-hydrogen) atoms. The number of aromatic nitrogens is 3. The zero-order valence-corrected chi connectivity index (χ0v) is 9.62. The lowest BCUT2D eigenvalue weighted by molar-refractivity contribution is 0.227. The number of nitrogens with one attached hydrogen (secondary N) is 1. The second-order valence-corrected chi connectivity index (χ2v) is 4.23. The average Bonchev–Trinajstić information content (AvgIpc) is 2.83. The maximum Gasteiger partial charge on any atom is 0.215 e. The smallest absolute Gasteiger partial charge is 0.215 e. The van der Waals surface area contributed by atoms with E-state index in [1.165, 1.54) is 5.56 Å². The third-order valence-corrected chi connectivity index (χ3v) is 3.10. The molecule has 0 amide bonds. The average molecular weight is 233 g/mol. The van der Waals surface area contributed by atoms with E-state index in [0.29, 0.717) is 4.77 Å². The van der Waals surface area contributed by atoms with Gasteiger partial charge in [0.05, 0.1) is 0 Å². The van der Waals surface area contributed by atoms with Gasteiger partial charge in [0.1, 0.15) is 5.75 Å². The number of fused-ring (bicyclic) bond motifs is 1. The van der Waals surface area contributed by atoms with Crippen molar-refractivity contribution in [1.82, 2.24) is 14.8 Å². The van der Waals surface area contributed by atoms with Crippen LogP contribution in [0.25, 0.3) is 0 Å². The summed E-state index contributed by atoms with van der Waals surface area (Å²) in [6.07, 6.45) is 0.804. The number of aromatic amines is 1. The minimum Gasteiger partial charge on any atom is -0.482 e. The largest absolute Gasteiger partial charge is 0.482 e. The SMILES string of the molecule is Cn1[nH]c(C2Cc3ccccc3O2)nc1=S. The Kier molecular flexibility index (Phi) is 2.07. The third kappa shape index (κ3) is 1.44. The number of aryl methyl sites for hydroxylation is 1. The highest BCUT2D eigenvalue weighted by atomic mass is 32.1. The quantitative estimate of drug-likeness (QED) is 0.767. The molecule has 82 valence electrons. The molecule has 0 saturated heterocycles. The Morgan fingerprint density at radius 1 is 1.50 bits per heavy atom. The Morgan fingerprint density at radius 2 is 2.31 bits per heavy atom. The molecule has 0 fully saturated rings. The maximum atomic E-state index is 5.81. The molecule has 1 aliphatic rings. The van der Waals surface area contributed by atoms with Crippen LogP contribution >= 0.6 is 12.2 Å². The molecule has 2 aromatic rings. The molecule has 2 heterocycles. The van der Waals surface area contributed by atoms with Gasteiger partial charge in [-0.25, -0.2) is 4.98 Å². The van der Waals surface area contributed by atoms with E-state index in [2.05, 4.69) is 16.1 Å². The first-order valence-electron chi connectivity index (χ1n) is 5.11. The van der Waals surface area contributed by atoms with E-state index >= 15 is 0 Å². The highest BCUT2D eigenvalue weighted by molar-refractivity contribution is 7.71. The van der Waals surface area contributed by atoms with Gasteiger partial charge in [0.2, 0.25) is 4.77 Å². The molecular formula is C11H11N3OS. The number of ether oxygens (including phenoxy) is 1. The van der Waals surface area contributed by atoms with Crippen LogP contribution in [0.3, 0.4) is 0 Å². The Morgan fingerprint density at radius 3 is 3.00 bits per heavy atom. The molecule has 0 aliphatic carbocycles. The maximum absolute atomic E-state index is 5.81. The van der Waals surface area contributed by atoms with Crippen LogP contribution in [0, 0.1) is 4.77 Å².